The van der Waals surface area contributed by atoms with E-state index >= 15 is 0 Å². The molecule has 1 amide bonds. The fourth-order valence-corrected chi connectivity index (χ4v) is 5.72. The third-order valence-corrected chi connectivity index (χ3v) is 7.60. The fourth-order valence-electron chi connectivity index (χ4n) is 5.31. The molecule has 0 bridgehead atoms. The first-order chi connectivity index (χ1) is 19.7. The Kier molecular flexibility index (Phi) is 10.4. The Bertz CT molecular complexity index is 1350. The average molecular weight is 682 g/mol. The molecule has 220 valence electrons. The number of halogens is 4. The maximum atomic E-state index is 13.9. The lowest BCUT2D eigenvalue weighted by Crippen LogP contribution is -2.55. The molecule has 1 atom stereocenters. The van der Waals surface area contributed by atoms with E-state index < -0.39 is 17.6 Å². The molecule has 0 aliphatic carbocycles. The second-order valence-electron chi connectivity index (χ2n) is 9.73. The molecule has 1 N–H and O–H groups in total. The Balaban J connectivity index is 1.61. The van der Waals surface area contributed by atoms with Gasteiger partial charge in [0.05, 0.1) is 24.3 Å². The van der Waals surface area contributed by atoms with Crippen molar-refractivity contribution in [2.24, 2.45) is 0 Å². The van der Waals surface area contributed by atoms with Gasteiger partial charge < -0.3 is 19.3 Å². The molecule has 1 aliphatic heterocycles. The summed E-state index contributed by atoms with van der Waals surface area (Å²) in [4.78, 5) is 17.3. The van der Waals surface area contributed by atoms with Gasteiger partial charge in [-0.05, 0) is 67.8 Å². The van der Waals surface area contributed by atoms with Gasteiger partial charge in [-0.15, -0.1) is 0 Å². The van der Waals surface area contributed by atoms with Gasteiger partial charge in [-0.25, -0.2) is 0 Å². The van der Waals surface area contributed by atoms with Crippen LogP contribution in [0.1, 0.15) is 48.7 Å². The number of nitrogens with one attached hydrogen (secondary N) is 1. The number of carbonyl (C=O) groups excluding carboxylic acids is 1. The van der Waals surface area contributed by atoms with Gasteiger partial charge in [0.2, 0.25) is 0 Å². The second kappa shape index (κ2) is 13.8. The van der Waals surface area contributed by atoms with Crippen LogP contribution in [-0.2, 0) is 12.7 Å². The quantitative estimate of drug-likeness (QED) is 0.179. The zero-order valence-electron chi connectivity index (χ0n) is 23.4. The largest absolute Gasteiger partial charge is 0.494 e. The van der Waals surface area contributed by atoms with E-state index in [1.54, 1.807) is 11.8 Å². The lowest BCUT2D eigenvalue weighted by molar-refractivity contribution is -0.138. The summed E-state index contributed by atoms with van der Waals surface area (Å²) >= 11 is 2.13. The molecule has 41 heavy (non-hydrogen) atoms. The number of amides is 1. The van der Waals surface area contributed by atoms with E-state index in [4.69, 9.17) is 9.47 Å². The molecule has 3 aromatic rings. The van der Waals surface area contributed by atoms with Crippen molar-refractivity contribution < 1.29 is 27.4 Å². The van der Waals surface area contributed by atoms with Gasteiger partial charge in [0.25, 0.3) is 5.91 Å². The summed E-state index contributed by atoms with van der Waals surface area (Å²) in [6.45, 7) is 8.26. The van der Waals surface area contributed by atoms with Gasteiger partial charge in [0.1, 0.15) is 11.5 Å². The number of benzene rings is 3. The summed E-state index contributed by atoms with van der Waals surface area (Å²) in [7, 11) is 0. The van der Waals surface area contributed by atoms with Crippen molar-refractivity contribution in [2.45, 2.75) is 46.0 Å². The van der Waals surface area contributed by atoms with E-state index in [2.05, 4.69) is 49.5 Å². The summed E-state index contributed by atoms with van der Waals surface area (Å²) < 4.78 is 56.1. The van der Waals surface area contributed by atoms with Crippen LogP contribution in [0.3, 0.4) is 0 Å². The summed E-state index contributed by atoms with van der Waals surface area (Å²) in [5.74, 6) is 0.300. The van der Waals surface area contributed by atoms with E-state index in [0.29, 0.717) is 32.8 Å². The van der Waals surface area contributed by atoms with Crippen LogP contribution in [0.15, 0.2) is 60.7 Å². The molecular formula is C31H35F3IN3O3. The molecule has 4 rings (SSSR count). The minimum absolute atomic E-state index is 0.0562. The standard InChI is InChI=1S/C31H35F3IN3O3/c1-4-23-20-37(30(39)26-13-12-24(40-5-2)18-27(26)31(32,33)34)15-16-38(23)28-14-11-21(17-22(28)19-36-35)25-9-7-8-10-29(25)41-6-3/h7-14,17-18,23,36H,4-6,15-16,19-20H2,1-3H3/t23-/m1/s1. The number of nitrogens with zero attached hydrogens (tertiary/aromatic N) is 2. The minimum Gasteiger partial charge on any atom is -0.494 e. The molecule has 10 heteroatoms. The highest BCUT2D eigenvalue weighted by molar-refractivity contribution is 14.1. The fraction of sp³-hybridized carbons (Fsp3) is 0.387. The Morgan fingerprint density at radius 2 is 1.76 bits per heavy atom. The van der Waals surface area contributed by atoms with Crippen LogP contribution in [0.4, 0.5) is 18.9 Å². The van der Waals surface area contributed by atoms with Crippen LogP contribution in [-0.4, -0.2) is 49.7 Å². The predicted molar refractivity (Wildman–Crippen MR) is 164 cm³/mol. The molecule has 0 radical (unpaired) electrons. The SMILES string of the molecule is CCOc1ccc(C(=O)N2CCN(c3ccc(-c4ccccc4OCC)cc3CNI)[C@H](CC)C2)c(C(F)(F)F)c1. The molecule has 3 aromatic carbocycles. The maximum Gasteiger partial charge on any atom is 0.417 e. The summed E-state index contributed by atoms with van der Waals surface area (Å²) in [6, 6.07) is 17.8. The van der Waals surface area contributed by atoms with Crippen molar-refractivity contribution in [3.8, 4) is 22.6 Å². The lowest BCUT2D eigenvalue weighted by atomic mass is 9.98. The Morgan fingerprint density at radius 3 is 2.44 bits per heavy atom. The van der Waals surface area contributed by atoms with Crippen LogP contribution in [0.2, 0.25) is 0 Å². The third-order valence-electron chi connectivity index (χ3n) is 7.22. The third kappa shape index (κ3) is 7.09. The van der Waals surface area contributed by atoms with Gasteiger partial charge in [0.15, 0.2) is 0 Å². The first-order valence-electron chi connectivity index (χ1n) is 13.8. The molecule has 1 saturated heterocycles. The maximum absolute atomic E-state index is 13.9. The first kappa shape index (κ1) is 31.0. The number of hydrogen-bond donors (Lipinski definition) is 1. The van der Waals surface area contributed by atoms with Gasteiger partial charge in [-0.3, -0.25) is 8.32 Å². The number of piperazine rings is 1. The number of ether oxygens (including phenoxy) is 2. The van der Waals surface area contributed by atoms with Crippen molar-refractivity contribution >= 4 is 34.5 Å². The minimum atomic E-state index is -4.67. The molecule has 0 aromatic heterocycles. The van der Waals surface area contributed by atoms with Gasteiger partial charge in [-0.1, -0.05) is 31.2 Å². The molecule has 6 nitrogen and oxygen atoms in total. The van der Waals surface area contributed by atoms with Crippen LogP contribution in [0, 0.1) is 0 Å². The number of rotatable bonds is 10. The molecule has 0 unspecified atom stereocenters. The highest BCUT2D eigenvalue weighted by Crippen LogP contribution is 2.37. The Morgan fingerprint density at radius 1 is 1.00 bits per heavy atom. The molecule has 0 spiro atoms. The van der Waals surface area contributed by atoms with Crippen LogP contribution in [0.25, 0.3) is 11.1 Å². The average Bonchev–Trinajstić information content (AvgIpc) is 2.97. The number of carbonyl (C=O) groups is 1. The smallest absolute Gasteiger partial charge is 0.417 e. The van der Waals surface area contributed by atoms with Crippen molar-refractivity contribution in [1.82, 2.24) is 8.43 Å². The first-order valence-corrected chi connectivity index (χ1v) is 14.9. The lowest BCUT2D eigenvalue weighted by Gasteiger charge is -2.43. The van der Waals surface area contributed by atoms with Gasteiger partial charge >= 0.3 is 6.18 Å². The molecule has 1 fully saturated rings. The molecule has 1 heterocycles. The van der Waals surface area contributed by atoms with Crippen molar-refractivity contribution in [2.75, 3.05) is 37.7 Å². The Labute approximate surface area is 253 Å². The summed E-state index contributed by atoms with van der Waals surface area (Å²) in [6.07, 6.45) is -3.95. The van der Waals surface area contributed by atoms with E-state index in [0.717, 1.165) is 40.6 Å². The van der Waals surface area contributed by atoms with E-state index in [-0.39, 0.29) is 24.0 Å². The van der Waals surface area contributed by atoms with E-state index in [1.165, 1.54) is 12.1 Å². The number of para-hydroxylation sites is 1. The number of alkyl halides is 3. The monoisotopic (exact) mass is 681 g/mol. The van der Waals surface area contributed by atoms with Gasteiger partial charge in [0, 0.05) is 66.3 Å². The molecule has 0 saturated carbocycles. The van der Waals surface area contributed by atoms with Gasteiger partial charge in [-0.2, -0.15) is 13.2 Å². The van der Waals surface area contributed by atoms with Crippen LogP contribution in [0.5, 0.6) is 11.5 Å². The summed E-state index contributed by atoms with van der Waals surface area (Å²) in [5.41, 5.74) is 2.86. The zero-order valence-corrected chi connectivity index (χ0v) is 25.6. The van der Waals surface area contributed by atoms with Crippen molar-refractivity contribution in [3.05, 3.63) is 77.4 Å². The number of hydrogen-bond acceptors (Lipinski definition) is 5. The topological polar surface area (TPSA) is 54.0 Å². The number of anilines is 1. The molecular weight excluding hydrogens is 646 g/mol. The van der Waals surface area contributed by atoms with Crippen LogP contribution < -0.4 is 17.9 Å². The van der Waals surface area contributed by atoms with Crippen LogP contribution >= 0.6 is 22.9 Å². The normalized spacial score (nSPS) is 15.6. The second-order valence-corrected chi connectivity index (χ2v) is 10.5. The predicted octanol–water partition coefficient (Wildman–Crippen LogP) is 7.35. The molecule has 1 aliphatic rings. The summed E-state index contributed by atoms with van der Waals surface area (Å²) in [5, 5.41) is 0. The highest BCUT2D eigenvalue weighted by Gasteiger charge is 2.38. The van der Waals surface area contributed by atoms with E-state index in [9.17, 15) is 18.0 Å². The van der Waals surface area contributed by atoms with Crippen molar-refractivity contribution in [3.63, 3.8) is 0 Å². The zero-order chi connectivity index (χ0) is 29.6. The van der Waals surface area contributed by atoms with E-state index in [1.807, 2.05) is 38.1 Å². The highest BCUT2D eigenvalue weighted by atomic mass is 127. The Hall–Kier alpha value is -2.99. The van der Waals surface area contributed by atoms with Crippen molar-refractivity contribution in [1.29, 1.82) is 0 Å².